The Kier molecular flexibility index (Phi) is 8.31. The number of aromatic amines is 1. The van der Waals surface area contributed by atoms with E-state index < -0.39 is 11.7 Å². The normalized spacial score (nSPS) is 10.8. The quantitative estimate of drug-likeness (QED) is 0.384. The first-order valence-electron chi connectivity index (χ1n) is 10.8. The van der Waals surface area contributed by atoms with E-state index in [0.717, 1.165) is 35.8 Å². The molecule has 33 heavy (non-hydrogen) atoms. The zero-order valence-electron chi connectivity index (χ0n) is 18.5. The second kappa shape index (κ2) is 11.4. The highest BCUT2D eigenvalue weighted by Crippen LogP contribution is 2.28. The summed E-state index contributed by atoms with van der Waals surface area (Å²) in [4.78, 5) is 7.23. The van der Waals surface area contributed by atoms with Gasteiger partial charge in [0.05, 0.1) is 5.56 Å². The number of H-pyrrole nitrogens is 1. The molecule has 4 rings (SSSR count). The van der Waals surface area contributed by atoms with Crippen molar-refractivity contribution >= 4 is 17.6 Å². The van der Waals surface area contributed by atoms with Crippen LogP contribution in [0.15, 0.2) is 104 Å². The molecular formula is C27H26BF3N2. The molecule has 0 aliphatic carbocycles. The fraction of sp³-hybridized carbons (Fsp3) is 0.148. The van der Waals surface area contributed by atoms with Crippen molar-refractivity contribution in [2.24, 2.45) is 0 Å². The molecule has 1 heterocycles. The van der Waals surface area contributed by atoms with Crippen molar-refractivity contribution in [2.75, 3.05) is 0 Å². The van der Waals surface area contributed by atoms with Crippen molar-refractivity contribution in [3.63, 3.8) is 0 Å². The Bertz CT molecular complexity index is 1140. The van der Waals surface area contributed by atoms with Crippen molar-refractivity contribution in [3.8, 4) is 0 Å². The first-order valence-corrected chi connectivity index (χ1v) is 10.8. The minimum Gasteiger partial charge on any atom is -0.348 e. The highest BCUT2D eigenvalue weighted by molar-refractivity contribution is 6.89. The van der Waals surface area contributed by atoms with Gasteiger partial charge in [-0.2, -0.15) is 13.2 Å². The number of hydrogen-bond donors (Lipinski definition) is 1. The van der Waals surface area contributed by atoms with Gasteiger partial charge in [-0.3, -0.25) is 0 Å². The lowest BCUT2D eigenvalue weighted by atomic mass is 9.40. The van der Waals surface area contributed by atoms with E-state index in [0.29, 0.717) is 5.46 Å². The van der Waals surface area contributed by atoms with Crippen LogP contribution in [0.5, 0.6) is 0 Å². The van der Waals surface area contributed by atoms with Crippen LogP contribution in [0.3, 0.4) is 0 Å². The number of imidazole rings is 1. The third-order valence-electron chi connectivity index (χ3n) is 5.35. The molecule has 3 aromatic carbocycles. The third-order valence-corrected chi connectivity index (χ3v) is 5.35. The molecule has 0 spiro atoms. The number of alkyl halides is 3. The summed E-state index contributed by atoms with van der Waals surface area (Å²) in [6.45, 7) is 5.60. The molecule has 0 unspecified atom stereocenters. The predicted octanol–water partition coefficient (Wildman–Crippen LogP) is 5.60. The van der Waals surface area contributed by atoms with Crippen molar-refractivity contribution in [1.29, 1.82) is 0 Å². The summed E-state index contributed by atoms with van der Waals surface area (Å²) in [7, 11) is 0. The summed E-state index contributed by atoms with van der Waals surface area (Å²) >= 11 is 0. The van der Waals surface area contributed by atoms with Gasteiger partial charge in [0.15, 0.2) is 0 Å². The molecule has 0 radical (unpaired) electrons. The number of benzene rings is 3. The van der Waals surface area contributed by atoms with Gasteiger partial charge in [-0.15, -0.1) is 12.6 Å². The lowest BCUT2D eigenvalue weighted by molar-refractivity contribution is -0.137. The van der Waals surface area contributed by atoms with Gasteiger partial charge in [-0.1, -0.05) is 102 Å². The Balaban J connectivity index is 0.000000215. The van der Waals surface area contributed by atoms with Crippen molar-refractivity contribution in [1.82, 2.24) is 9.97 Å². The van der Waals surface area contributed by atoms with Gasteiger partial charge in [0.25, 0.3) is 0 Å². The van der Waals surface area contributed by atoms with Crippen molar-refractivity contribution in [2.45, 2.75) is 25.9 Å². The van der Waals surface area contributed by atoms with E-state index in [2.05, 4.69) is 28.7 Å². The molecule has 6 heteroatoms. The Morgan fingerprint density at radius 3 is 2.33 bits per heavy atom. The average molecular weight is 446 g/mol. The lowest BCUT2D eigenvalue weighted by Crippen LogP contribution is -2.42. The average Bonchev–Trinajstić information content (AvgIpc) is 3.34. The number of nitrogens with zero attached hydrogens (tertiary/aromatic N) is 1. The molecule has 0 saturated carbocycles. The molecule has 0 saturated heterocycles. The van der Waals surface area contributed by atoms with E-state index in [4.69, 9.17) is 0 Å². The SMILES string of the molecule is C=CB(c1cccc(C(F)(F)F)c1)c1ccccc1CC.c1ccc(Cc2ncc[nH]2)cc1. The van der Waals surface area contributed by atoms with Gasteiger partial charge in [0.2, 0.25) is 6.71 Å². The van der Waals surface area contributed by atoms with Crippen LogP contribution >= 0.6 is 0 Å². The third kappa shape index (κ3) is 6.72. The number of aryl methyl sites for hydroxylation is 1. The maximum absolute atomic E-state index is 12.9. The van der Waals surface area contributed by atoms with Gasteiger partial charge >= 0.3 is 6.18 Å². The van der Waals surface area contributed by atoms with E-state index in [1.54, 1.807) is 18.2 Å². The summed E-state index contributed by atoms with van der Waals surface area (Å²) in [6.07, 6.45) is 1.01. The molecule has 0 aliphatic heterocycles. The van der Waals surface area contributed by atoms with Crippen LogP contribution in [0.2, 0.25) is 0 Å². The van der Waals surface area contributed by atoms with E-state index >= 15 is 0 Å². The monoisotopic (exact) mass is 446 g/mol. The molecule has 0 amide bonds. The standard InChI is InChI=1S/C17H16BF3.C10H10N2/c1-3-13-8-5-6-11-16(13)18(4-2)15-10-7-9-14(12-15)17(19,20)21;1-2-4-9(5-3-1)8-10-11-6-7-12-10/h4-12H,2-3H2,1H3;1-7H,8H2,(H,11,12). The van der Waals surface area contributed by atoms with E-state index in [1.807, 2.05) is 55.6 Å². The first kappa shape index (κ1) is 24.1. The maximum Gasteiger partial charge on any atom is 0.416 e. The summed E-state index contributed by atoms with van der Waals surface area (Å²) in [5.74, 6) is 2.71. The Labute approximate surface area is 193 Å². The molecule has 0 atom stereocenters. The van der Waals surface area contributed by atoms with Gasteiger partial charge in [0.1, 0.15) is 5.82 Å². The Morgan fingerprint density at radius 2 is 1.70 bits per heavy atom. The smallest absolute Gasteiger partial charge is 0.348 e. The van der Waals surface area contributed by atoms with Crippen LogP contribution in [0.1, 0.15) is 29.4 Å². The largest absolute Gasteiger partial charge is 0.416 e. The number of rotatable bonds is 6. The minimum atomic E-state index is -4.33. The van der Waals surface area contributed by atoms with Crippen molar-refractivity contribution < 1.29 is 13.2 Å². The molecule has 4 aromatic rings. The highest BCUT2D eigenvalue weighted by atomic mass is 19.4. The molecule has 1 N–H and O–H groups in total. The fourth-order valence-corrected chi connectivity index (χ4v) is 3.69. The van der Waals surface area contributed by atoms with Crippen LogP contribution in [-0.4, -0.2) is 16.7 Å². The zero-order chi connectivity index (χ0) is 23.7. The molecule has 168 valence electrons. The van der Waals surface area contributed by atoms with Crippen LogP contribution in [0.4, 0.5) is 13.2 Å². The number of nitrogens with one attached hydrogen (secondary N) is 1. The fourth-order valence-electron chi connectivity index (χ4n) is 3.69. The maximum atomic E-state index is 12.9. The second-order valence-electron chi connectivity index (χ2n) is 7.59. The van der Waals surface area contributed by atoms with E-state index in [-0.39, 0.29) is 6.71 Å². The van der Waals surface area contributed by atoms with E-state index in [1.165, 1.54) is 17.7 Å². The van der Waals surface area contributed by atoms with Crippen LogP contribution in [0, 0.1) is 0 Å². The lowest BCUT2D eigenvalue weighted by Gasteiger charge is -2.16. The summed E-state index contributed by atoms with van der Waals surface area (Å²) in [5.41, 5.74) is 3.41. The molecular weight excluding hydrogens is 420 g/mol. The second-order valence-corrected chi connectivity index (χ2v) is 7.59. The van der Waals surface area contributed by atoms with Crippen molar-refractivity contribution in [3.05, 3.63) is 126 Å². The highest BCUT2D eigenvalue weighted by Gasteiger charge is 2.31. The predicted molar refractivity (Wildman–Crippen MR) is 130 cm³/mol. The number of hydrogen-bond acceptors (Lipinski definition) is 1. The van der Waals surface area contributed by atoms with Crippen LogP contribution < -0.4 is 10.9 Å². The van der Waals surface area contributed by atoms with Crippen LogP contribution in [0.25, 0.3) is 0 Å². The Morgan fingerprint density at radius 1 is 0.970 bits per heavy atom. The van der Waals surface area contributed by atoms with Gasteiger partial charge in [-0.25, -0.2) is 4.98 Å². The summed E-state index contributed by atoms with van der Waals surface area (Å²) < 4.78 is 38.6. The van der Waals surface area contributed by atoms with Gasteiger partial charge in [-0.05, 0) is 12.0 Å². The summed E-state index contributed by atoms with van der Waals surface area (Å²) in [5, 5.41) is 0. The molecule has 1 aromatic heterocycles. The van der Waals surface area contributed by atoms with Gasteiger partial charge in [0, 0.05) is 18.8 Å². The molecule has 0 fully saturated rings. The number of halogens is 3. The van der Waals surface area contributed by atoms with Gasteiger partial charge < -0.3 is 4.98 Å². The molecule has 2 nitrogen and oxygen atoms in total. The first-order chi connectivity index (χ1) is 15.9. The summed E-state index contributed by atoms with van der Waals surface area (Å²) in [6, 6.07) is 23.6. The van der Waals surface area contributed by atoms with E-state index in [9.17, 15) is 13.2 Å². The molecule has 0 aliphatic rings. The Hall–Kier alpha value is -3.54. The molecule has 0 bridgehead atoms. The minimum absolute atomic E-state index is 0.233. The zero-order valence-corrected chi connectivity index (χ0v) is 18.5. The van der Waals surface area contributed by atoms with Crippen LogP contribution in [-0.2, 0) is 19.0 Å². The number of aromatic nitrogens is 2. The topological polar surface area (TPSA) is 28.7 Å².